The lowest BCUT2D eigenvalue weighted by molar-refractivity contribution is -0.126. The number of benzene rings is 2. The van der Waals surface area contributed by atoms with Crippen LogP contribution in [0.3, 0.4) is 0 Å². The molecule has 0 aromatic heterocycles. The molecule has 1 fully saturated rings. The highest BCUT2D eigenvalue weighted by Gasteiger charge is 2.34. The van der Waals surface area contributed by atoms with Crippen LogP contribution in [0.15, 0.2) is 47.4 Å². The zero-order valence-electron chi connectivity index (χ0n) is 16.7. The number of piperidine rings is 1. The molecule has 2 aliphatic heterocycles. The van der Waals surface area contributed by atoms with E-state index in [0.717, 1.165) is 5.56 Å². The third-order valence-corrected chi connectivity index (χ3v) is 7.24. The van der Waals surface area contributed by atoms with Crippen LogP contribution in [0.2, 0.25) is 0 Å². The number of rotatable bonds is 6. The number of hydrogen-bond donors (Lipinski definition) is 1. The largest absolute Gasteiger partial charge is 0.496 e. The highest BCUT2D eigenvalue weighted by Crippen LogP contribution is 2.35. The molecule has 2 aromatic rings. The van der Waals surface area contributed by atoms with Gasteiger partial charge in [-0.2, -0.15) is 4.31 Å². The van der Waals surface area contributed by atoms with Gasteiger partial charge in [0.25, 0.3) is 0 Å². The maximum absolute atomic E-state index is 13.1. The van der Waals surface area contributed by atoms with Crippen molar-refractivity contribution < 1.29 is 27.4 Å². The Morgan fingerprint density at radius 3 is 2.83 bits per heavy atom. The van der Waals surface area contributed by atoms with Crippen molar-refractivity contribution >= 4 is 15.9 Å². The van der Waals surface area contributed by atoms with E-state index in [-0.39, 0.29) is 24.1 Å². The van der Waals surface area contributed by atoms with Crippen molar-refractivity contribution in [2.75, 3.05) is 27.0 Å². The van der Waals surface area contributed by atoms with Gasteiger partial charge >= 0.3 is 0 Å². The van der Waals surface area contributed by atoms with Crippen molar-refractivity contribution in [1.82, 2.24) is 9.62 Å². The predicted octanol–water partition coefficient (Wildman–Crippen LogP) is 2.14. The van der Waals surface area contributed by atoms with Crippen LogP contribution in [0.5, 0.6) is 17.2 Å². The Morgan fingerprint density at radius 2 is 2.00 bits per heavy atom. The summed E-state index contributed by atoms with van der Waals surface area (Å²) in [6, 6.07) is 12.0. The van der Waals surface area contributed by atoms with E-state index in [2.05, 4.69) is 5.32 Å². The topological polar surface area (TPSA) is 94.2 Å². The molecule has 2 aliphatic rings. The predicted molar refractivity (Wildman–Crippen MR) is 109 cm³/mol. The second-order valence-electron chi connectivity index (χ2n) is 7.25. The minimum absolute atomic E-state index is 0.0804. The lowest BCUT2D eigenvalue weighted by atomic mass is 9.98. The van der Waals surface area contributed by atoms with Crippen LogP contribution >= 0.6 is 0 Å². The van der Waals surface area contributed by atoms with Gasteiger partial charge in [0.15, 0.2) is 11.5 Å². The van der Waals surface area contributed by atoms with Gasteiger partial charge in [-0.15, -0.1) is 0 Å². The second-order valence-corrected chi connectivity index (χ2v) is 9.18. The van der Waals surface area contributed by atoms with E-state index < -0.39 is 15.9 Å². The monoisotopic (exact) mass is 432 g/mol. The number of methoxy groups -OCH3 is 1. The summed E-state index contributed by atoms with van der Waals surface area (Å²) in [4.78, 5) is 12.9. The molecule has 2 heterocycles. The van der Waals surface area contributed by atoms with E-state index in [1.807, 2.05) is 24.3 Å². The molecule has 0 saturated carbocycles. The average Bonchev–Trinajstić information content (AvgIpc) is 3.25. The van der Waals surface area contributed by atoms with Gasteiger partial charge in [-0.25, -0.2) is 8.42 Å². The third-order valence-electron chi connectivity index (χ3n) is 5.38. The fourth-order valence-corrected chi connectivity index (χ4v) is 5.28. The first-order valence-electron chi connectivity index (χ1n) is 9.78. The minimum atomic E-state index is -3.73. The molecule has 0 spiro atoms. The van der Waals surface area contributed by atoms with Crippen molar-refractivity contribution in [2.45, 2.75) is 24.3 Å². The second kappa shape index (κ2) is 8.53. The molecule has 1 amide bonds. The van der Waals surface area contributed by atoms with E-state index in [1.165, 1.54) is 16.4 Å². The fraction of sp³-hybridized carbons (Fsp3) is 0.381. The van der Waals surface area contributed by atoms with E-state index >= 15 is 0 Å². The molecule has 0 bridgehead atoms. The van der Waals surface area contributed by atoms with E-state index in [0.29, 0.717) is 43.2 Å². The molecule has 1 atom stereocenters. The third kappa shape index (κ3) is 4.08. The maximum Gasteiger partial charge on any atom is 0.243 e. The minimum Gasteiger partial charge on any atom is -0.496 e. The molecule has 30 heavy (non-hydrogen) atoms. The Bertz CT molecular complexity index is 1040. The highest BCUT2D eigenvalue weighted by atomic mass is 32.2. The number of ether oxygens (including phenoxy) is 3. The quantitative estimate of drug-likeness (QED) is 0.752. The van der Waals surface area contributed by atoms with Gasteiger partial charge in [0.05, 0.1) is 17.9 Å². The van der Waals surface area contributed by atoms with Crippen LogP contribution in [0, 0.1) is 5.92 Å². The standard InChI is InChI=1S/C21H24N2O6S/c1-27-18-7-3-2-5-15(18)12-22-21(24)16-6-4-10-23(13-16)30(25,26)17-8-9-19-20(11-17)29-14-28-19/h2-3,5,7-9,11,16H,4,6,10,12-14H2,1H3,(H,22,24)/t16-/m1/s1. The molecule has 0 aliphatic carbocycles. The van der Waals surface area contributed by atoms with Gasteiger partial charge in [0.2, 0.25) is 22.7 Å². The summed E-state index contributed by atoms with van der Waals surface area (Å²) in [5.74, 6) is 1.08. The van der Waals surface area contributed by atoms with Crippen LogP contribution in [0.25, 0.3) is 0 Å². The van der Waals surface area contributed by atoms with Crippen LogP contribution in [0.1, 0.15) is 18.4 Å². The molecule has 0 radical (unpaired) electrons. The Labute approximate surface area is 175 Å². The Morgan fingerprint density at radius 1 is 1.20 bits per heavy atom. The molecule has 0 unspecified atom stereocenters. The van der Waals surface area contributed by atoms with E-state index in [9.17, 15) is 13.2 Å². The van der Waals surface area contributed by atoms with Crippen LogP contribution in [-0.2, 0) is 21.4 Å². The average molecular weight is 432 g/mol. The summed E-state index contributed by atoms with van der Waals surface area (Å²) in [6.07, 6.45) is 1.27. The SMILES string of the molecule is COc1ccccc1CNC(=O)[C@@H]1CCCN(S(=O)(=O)c2ccc3c(c2)OCO3)C1. The fourth-order valence-electron chi connectivity index (χ4n) is 3.74. The molecule has 160 valence electrons. The molecular weight excluding hydrogens is 408 g/mol. The summed E-state index contributed by atoms with van der Waals surface area (Å²) in [5, 5.41) is 2.91. The van der Waals surface area contributed by atoms with E-state index in [4.69, 9.17) is 14.2 Å². The van der Waals surface area contributed by atoms with Crippen molar-refractivity contribution in [1.29, 1.82) is 0 Å². The van der Waals surface area contributed by atoms with Crippen molar-refractivity contribution in [2.24, 2.45) is 5.92 Å². The van der Waals surface area contributed by atoms with Gasteiger partial charge in [-0.3, -0.25) is 4.79 Å². The molecule has 4 rings (SSSR count). The number of carbonyl (C=O) groups is 1. The number of nitrogens with one attached hydrogen (secondary N) is 1. The molecule has 8 nitrogen and oxygen atoms in total. The number of carbonyl (C=O) groups excluding carboxylic acids is 1. The van der Waals surface area contributed by atoms with E-state index in [1.54, 1.807) is 13.2 Å². The number of amides is 1. The van der Waals surface area contributed by atoms with Gasteiger partial charge in [-0.05, 0) is 31.0 Å². The molecule has 2 aromatic carbocycles. The summed E-state index contributed by atoms with van der Waals surface area (Å²) in [7, 11) is -2.15. The van der Waals surface area contributed by atoms with Crippen LogP contribution < -0.4 is 19.5 Å². The first kappa shape index (κ1) is 20.5. The van der Waals surface area contributed by atoms with Gasteiger partial charge in [0.1, 0.15) is 5.75 Å². The Balaban J connectivity index is 1.43. The number of fused-ring (bicyclic) bond motifs is 1. The number of nitrogens with zero attached hydrogens (tertiary/aromatic N) is 1. The first-order valence-corrected chi connectivity index (χ1v) is 11.2. The lowest BCUT2D eigenvalue weighted by Gasteiger charge is -2.31. The maximum atomic E-state index is 13.1. The molecule has 1 saturated heterocycles. The normalized spacial score (nSPS) is 18.8. The summed E-state index contributed by atoms with van der Waals surface area (Å²) in [5.41, 5.74) is 0.869. The number of para-hydroxylation sites is 1. The number of sulfonamides is 1. The zero-order chi connectivity index (χ0) is 21.1. The Kier molecular flexibility index (Phi) is 5.83. The van der Waals surface area contributed by atoms with Crippen LogP contribution in [-0.4, -0.2) is 45.6 Å². The molecular formula is C21H24N2O6S. The van der Waals surface area contributed by atoms with Crippen LogP contribution in [0.4, 0.5) is 0 Å². The molecule has 1 N–H and O–H groups in total. The lowest BCUT2D eigenvalue weighted by Crippen LogP contribution is -2.45. The first-order chi connectivity index (χ1) is 14.5. The summed E-state index contributed by atoms with van der Waals surface area (Å²) in [6.45, 7) is 0.937. The van der Waals surface area contributed by atoms with Gasteiger partial charge < -0.3 is 19.5 Å². The number of hydrogen-bond acceptors (Lipinski definition) is 6. The van der Waals surface area contributed by atoms with Crippen molar-refractivity contribution in [3.63, 3.8) is 0 Å². The van der Waals surface area contributed by atoms with Gasteiger partial charge in [-0.1, -0.05) is 18.2 Å². The molecule has 9 heteroatoms. The Hall–Kier alpha value is -2.78. The van der Waals surface area contributed by atoms with Crippen molar-refractivity contribution in [3.05, 3.63) is 48.0 Å². The van der Waals surface area contributed by atoms with Gasteiger partial charge in [0, 0.05) is 31.3 Å². The summed E-state index contributed by atoms with van der Waals surface area (Å²) < 4.78 is 43.4. The highest BCUT2D eigenvalue weighted by molar-refractivity contribution is 7.89. The smallest absolute Gasteiger partial charge is 0.243 e. The summed E-state index contributed by atoms with van der Waals surface area (Å²) >= 11 is 0. The van der Waals surface area contributed by atoms with Crippen molar-refractivity contribution in [3.8, 4) is 17.2 Å². The zero-order valence-corrected chi connectivity index (χ0v) is 17.5.